The predicted octanol–water partition coefficient (Wildman–Crippen LogP) is 5.54. The molecule has 0 N–H and O–H groups in total. The number of carbonyl (C=O) groups excluding carboxylic acids is 1. The van der Waals surface area contributed by atoms with E-state index in [0.29, 0.717) is 0 Å². The molecule has 3 rings (SSSR count). The Morgan fingerprint density at radius 1 is 1.00 bits per heavy atom. The number of hydrogen-bond acceptors (Lipinski definition) is 1. The summed E-state index contributed by atoms with van der Waals surface area (Å²) in [5, 5.41) is 0. The van der Waals surface area contributed by atoms with Crippen LogP contribution in [0.15, 0.2) is 54.3 Å². The van der Waals surface area contributed by atoms with Crippen LogP contribution in [0.3, 0.4) is 0 Å². The summed E-state index contributed by atoms with van der Waals surface area (Å²) in [5.74, 6) is 0.0485. The first-order valence-electron chi connectivity index (χ1n) is 8.64. The van der Waals surface area contributed by atoms with Crippen LogP contribution in [0.25, 0.3) is 5.57 Å². The zero-order valence-corrected chi connectivity index (χ0v) is 15.3. The number of carbonyl (C=O) groups is 1. The first-order valence-corrected chi connectivity index (χ1v) is 8.64. The Kier molecular flexibility index (Phi) is 7.53. The highest BCUT2D eigenvalue weighted by Gasteiger charge is 2.29. The molecule has 0 bridgehead atoms. The van der Waals surface area contributed by atoms with Gasteiger partial charge in [-0.2, -0.15) is 0 Å². The molecule has 1 amide bonds. The van der Waals surface area contributed by atoms with Crippen LogP contribution in [-0.4, -0.2) is 17.9 Å². The van der Waals surface area contributed by atoms with Crippen LogP contribution in [-0.2, 0) is 4.79 Å². The van der Waals surface area contributed by atoms with E-state index >= 15 is 0 Å². The predicted molar refractivity (Wildman–Crippen MR) is 100 cm³/mol. The molecule has 2 aliphatic rings. The van der Waals surface area contributed by atoms with E-state index in [-0.39, 0.29) is 11.8 Å². The molecule has 23 heavy (non-hydrogen) atoms. The number of rotatable bonds is 0. The van der Waals surface area contributed by atoms with Gasteiger partial charge in [0.15, 0.2) is 0 Å². The molecule has 1 aromatic carbocycles. The molecule has 0 saturated heterocycles. The van der Waals surface area contributed by atoms with Crippen LogP contribution in [0, 0.1) is 0 Å². The van der Waals surface area contributed by atoms with Crippen molar-refractivity contribution in [2.24, 2.45) is 0 Å². The van der Waals surface area contributed by atoms with Gasteiger partial charge in [-0.25, -0.2) is 0 Å². The van der Waals surface area contributed by atoms with Crippen LogP contribution >= 0.6 is 0 Å². The quantitative estimate of drug-likeness (QED) is 0.616. The SMILES string of the molecule is CC.CC.CC1C(=O)N(C)C2=C(C=CCC=C2)c2ccccc21. The van der Waals surface area contributed by atoms with E-state index in [4.69, 9.17) is 0 Å². The van der Waals surface area contributed by atoms with Crippen molar-refractivity contribution in [2.45, 2.75) is 47.0 Å². The minimum absolute atomic E-state index is 0.102. The molecule has 0 radical (unpaired) electrons. The molecule has 2 nitrogen and oxygen atoms in total. The molecule has 1 aliphatic carbocycles. The average Bonchev–Trinajstić information content (AvgIpc) is 2.91. The highest BCUT2D eigenvalue weighted by atomic mass is 16.2. The summed E-state index contributed by atoms with van der Waals surface area (Å²) in [7, 11) is 1.86. The summed E-state index contributed by atoms with van der Waals surface area (Å²) >= 11 is 0. The van der Waals surface area contributed by atoms with Crippen LogP contribution < -0.4 is 0 Å². The van der Waals surface area contributed by atoms with Gasteiger partial charge in [-0.1, -0.05) is 70.2 Å². The molecule has 2 heteroatoms. The Bertz CT molecular complexity index is 622. The van der Waals surface area contributed by atoms with Gasteiger partial charge in [0.05, 0.1) is 11.6 Å². The van der Waals surface area contributed by atoms with E-state index in [9.17, 15) is 4.79 Å². The monoisotopic (exact) mass is 311 g/mol. The molecule has 0 saturated carbocycles. The van der Waals surface area contributed by atoms with Crippen molar-refractivity contribution >= 4 is 11.5 Å². The van der Waals surface area contributed by atoms with Gasteiger partial charge in [0.2, 0.25) is 5.91 Å². The minimum atomic E-state index is -0.102. The first kappa shape index (κ1) is 19.0. The lowest BCUT2D eigenvalue weighted by molar-refractivity contribution is -0.129. The summed E-state index contributed by atoms with van der Waals surface area (Å²) < 4.78 is 0. The van der Waals surface area contributed by atoms with Crippen LogP contribution in [0.2, 0.25) is 0 Å². The number of allylic oxidation sites excluding steroid dienone is 5. The lowest BCUT2D eigenvalue weighted by Gasteiger charge is -2.20. The summed E-state index contributed by atoms with van der Waals surface area (Å²) in [5.41, 5.74) is 4.43. The summed E-state index contributed by atoms with van der Waals surface area (Å²) in [6.45, 7) is 9.98. The second kappa shape index (κ2) is 9.14. The number of benzene rings is 1. The van der Waals surface area contributed by atoms with E-state index in [1.807, 2.05) is 53.8 Å². The van der Waals surface area contributed by atoms with Gasteiger partial charge >= 0.3 is 0 Å². The second-order valence-corrected chi connectivity index (χ2v) is 5.05. The highest BCUT2D eigenvalue weighted by Crippen LogP contribution is 2.36. The number of amides is 1. The van der Waals surface area contributed by atoms with Crippen molar-refractivity contribution < 1.29 is 4.79 Å². The molecule has 1 heterocycles. The van der Waals surface area contributed by atoms with E-state index in [1.165, 1.54) is 5.56 Å². The lowest BCUT2D eigenvalue weighted by Crippen LogP contribution is -2.28. The maximum atomic E-state index is 12.5. The number of fused-ring (bicyclic) bond motifs is 2. The summed E-state index contributed by atoms with van der Waals surface area (Å²) in [6, 6.07) is 8.21. The van der Waals surface area contributed by atoms with E-state index in [0.717, 1.165) is 23.3 Å². The normalized spacial score (nSPS) is 18.6. The zero-order valence-electron chi connectivity index (χ0n) is 15.3. The van der Waals surface area contributed by atoms with Gasteiger partial charge < -0.3 is 4.90 Å². The number of hydrogen-bond donors (Lipinski definition) is 0. The van der Waals surface area contributed by atoms with Crippen molar-refractivity contribution in [3.63, 3.8) is 0 Å². The number of nitrogens with zero attached hydrogens (tertiary/aromatic N) is 1. The smallest absolute Gasteiger partial charge is 0.234 e. The van der Waals surface area contributed by atoms with Crippen LogP contribution in [0.4, 0.5) is 0 Å². The third-order valence-corrected chi connectivity index (χ3v) is 3.89. The standard InChI is InChI=1S/C17H17NO.2C2H6/c1-12-13-8-6-7-9-14(13)15-10-4-3-5-11-16(15)18(2)17(12)19;2*1-2/h4-12H,3H2,1-2H3;2*1-2H3. The Morgan fingerprint density at radius 3 is 2.30 bits per heavy atom. The third kappa shape index (κ3) is 3.82. The first-order chi connectivity index (χ1) is 11.2. The third-order valence-electron chi connectivity index (χ3n) is 3.89. The minimum Gasteiger partial charge on any atom is -0.314 e. The maximum Gasteiger partial charge on any atom is 0.234 e. The molecule has 0 aromatic heterocycles. The molecule has 1 aromatic rings. The molecular weight excluding hydrogens is 282 g/mol. The van der Waals surface area contributed by atoms with Crippen molar-refractivity contribution in [1.82, 2.24) is 4.90 Å². The van der Waals surface area contributed by atoms with E-state index < -0.39 is 0 Å². The number of likely N-dealkylation sites (N-methyl/N-ethyl adjacent to an activating group) is 1. The summed E-state index contributed by atoms with van der Waals surface area (Å²) in [4.78, 5) is 14.3. The van der Waals surface area contributed by atoms with Gasteiger partial charge in [-0.15, -0.1) is 0 Å². The van der Waals surface area contributed by atoms with E-state index in [2.05, 4.69) is 36.4 Å². The fraction of sp³-hybridized carbons (Fsp3) is 0.381. The van der Waals surface area contributed by atoms with Gasteiger partial charge in [0.1, 0.15) is 0 Å². The Balaban J connectivity index is 0.000000615. The zero-order chi connectivity index (χ0) is 17.4. The van der Waals surface area contributed by atoms with Gasteiger partial charge in [0.25, 0.3) is 0 Å². The Labute approximate surface area is 141 Å². The lowest BCUT2D eigenvalue weighted by atomic mass is 9.92. The van der Waals surface area contributed by atoms with Gasteiger partial charge in [-0.05, 0) is 30.5 Å². The Hall–Kier alpha value is -2.09. The highest BCUT2D eigenvalue weighted by molar-refractivity contribution is 5.94. The van der Waals surface area contributed by atoms with E-state index in [1.54, 1.807) is 4.90 Å². The van der Waals surface area contributed by atoms with Crippen LogP contribution in [0.1, 0.15) is 58.1 Å². The van der Waals surface area contributed by atoms with Gasteiger partial charge in [-0.3, -0.25) is 4.79 Å². The van der Waals surface area contributed by atoms with Crippen molar-refractivity contribution in [3.8, 4) is 0 Å². The second-order valence-electron chi connectivity index (χ2n) is 5.05. The van der Waals surface area contributed by atoms with Gasteiger partial charge in [0, 0.05) is 12.6 Å². The molecule has 1 aliphatic heterocycles. The molecule has 0 fully saturated rings. The topological polar surface area (TPSA) is 20.3 Å². The largest absolute Gasteiger partial charge is 0.314 e. The van der Waals surface area contributed by atoms with Crippen LogP contribution in [0.5, 0.6) is 0 Å². The molecule has 1 atom stereocenters. The molecule has 124 valence electrons. The molecule has 0 spiro atoms. The van der Waals surface area contributed by atoms with Crippen molar-refractivity contribution in [3.05, 3.63) is 65.4 Å². The molecule has 1 unspecified atom stereocenters. The fourth-order valence-corrected chi connectivity index (χ4v) is 2.80. The summed E-state index contributed by atoms with van der Waals surface area (Å²) in [6.07, 6.45) is 9.34. The molecular formula is C21H29NO. The average molecular weight is 311 g/mol. The van der Waals surface area contributed by atoms with Crippen molar-refractivity contribution in [1.29, 1.82) is 0 Å². The Morgan fingerprint density at radius 2 is 1.61 bits per heavy atom. The van der Waals surface area contributed by atoms with Crippen molar-refractivity contribution in [2.75, 3.05) is 7.05 Å². The maximum absolute atomic E-state index is 12.5. The fourth-order valence-electron chi connectivity index (χ4n) is 2.80.